The van der Waals surface area contributed by atoms with Crippen LogP contribution in [0.4, 0.5) is 0 Å². The molecule has 118 valence electrons. The fourth-order valence-electron chi connectivity index (χ4n) is 2.05. The van der Waals surface area contributed by atoms with Gasteiger partial charge >= 0.3 is 0 Å². The highest BCUT2D eigenvalue weighted by atomic mass is 35.5. The molecule has 0 radical (unpaired) electrons. The number of sulfonamides is 1. The van der Waals surface area contributed by atoms with E-state index in [2.05, 4.69) is 9.71 Å². The Kier molecular flexibility index (Phi) is 4.77. The molecule has 0 saturated carbocycles. The second-order valence-corrected chi connectivity index (χ2v) is 7.83. The molecule has 0 fully saturated rings. The second kappa shape index (κ2) is 6.80. The van der Waals surface area contributed by atoms with Gasteiger partial charge in [-0.05, 0) is 47.3 Å². The summed E-state index contributed by atoms with van der Waals surface area (Å²) >= 11 is 7.44. The Bertz CT molecular complexity index is 909. The van der Waals surface area contributed by atoms with Gasteiger partial charge in [-0.25, -0.2) is 13.1 Å². The number of pyridine rings is 1. The summed E-state index contributed by atoms with van der Waals surface area (Å²) in [6, 6.07) is 11.8. The second-order valence-electron chi connectivity index (χ2n) is 4.84. The van der Waals surface area contributed by atoms with Crippen molar-refractivity contribution in [2.45, 2.75) is 11.4 Å². The average molecular weight is 365 g/mol. The van der Waals surface area contributed by atoms with E-state index < -0.39 is 10.0 Å². The zero-order valence-corrected chi connectivity index (χ0v) is 14.3. The number of halogens is 1. The van der Waals surface area contributed by atoms with E-state index in [1.807, 2.05) is 22.9 Å². The Hall–Kier alpha value is -1.73. The summed E-state index contributed by atoms with van der Waals surface area (Å²) < 4.78 is 27.2. The fraction of sp³-hybridized carbons (Fsp3) is 0.0625. The third kappa shape index (κ3) is 3.97. The van der Waals surface area contributed by atoms with Crippen LogP contribution in [0.1, 0.15) is 5.56 Å². The van der Waals surface area contributed by atoms with Gasteiger partial charge in [0.15, 0.2) is 0 Å². The first kappa shape index (κ1) is 16.1. The molecular formula is C16H13ClN2O2S2. The number of rotatable bonds is 5. The number of benzene rings is 1. The van der Waals surface area contributed by atoms with E-state index in [9.17, 15) is 8.42 Å². The van der Waals surface area contributed by atoms with Crippen molar-refractivity contribution in [3.05, 3.63) is 70.0 Å². The van der Waals surface area contributed by atoms with Crippen LogP contribution in [0.5, 0.6) is 0 Å². The lowest BCUT2D eigenvalue weighted by Crippen LogP contribution is -2.23. The summed E-state index contributed by atoms with van der Waals surface area (Å²) in [6.45, 7) is 0.189. The van der Waals surface area contributed by atoms with Gasteiger partial charge in [-0.15, -0.1) is 0 Å². The predicted molar refractivity (Wildman–Crippen MR) is 93.0 cm³/mol. The van der Waals surface area contributed by atoms with Crippen molar-refractivity contribution in [2.75, 3.05) is 0 Å². The normalized spacial score (nSPS) is 11.5. The fourth-order valence-corrected chi connectivity index (χ4v) is 4.02. The molecule has 23 heavy (non-hydrogen) atoms. The first-order valence-corrected chi connectivity index (χ1v) is 9.58. The first-order chi connectivity index (χ1) is 11.0. The van der Waals surface area contributed by atoms with Crippen LogP contribution in [-0.4, -0.2) is 13.4 Å². The van der Waals surface area contributed by atoms with Crippen LogP contribution in [0.25, 0.3) is 11.3 Å². The van der Waals surface area contributed by atoms with Gasteiger partial charge in [0.05, 0.1) is 10.6 Å². The van der Waals surface area contributed by atoms with Crippen molar-refractivity contribution in [1.29, 1.82) is 0 Å². The van der Waals surface area contributed by atoms with Gasteiger partial charge in [0.1, 0.15) is 0 Å². The molecule has 2 heterocycles. The zero-order chi connectivity index (χ0) is 16.3. The highest BCUT2D eigenvalue weighted by Gasteiger charge is 2.14. The number of nitrogens with zero attached hydrogens (tertiary/aromatic N) is 1. The number of hydrogen-bond donors (Lipinski definition) is 1. The Morgan fingerprint density at radius 1 is 1.17 bits per heavy atom. The Balaban J connectivity index is 1.77. The molecule has 0 atom stereocenters. The first-order valence-electron chi connectivity index (χ1n) is 6.77. The summed E-state index contributed by atoms with van der Waals surface area (Å²) in [4.78, 5) is 4.46. The molecule has 0 spiro atoms. The molecule has 0 unspecified atom stereocenters. The molecule has 0 aliphatic heterocycles. The maximum absolute atomic E-state index is 12.3. The number of hydrogen-bond acceptors (Lipinski definition) is 4. The topological polar surface area (TPSA) is 59.1 Å². The van der Waals surface area contributed by atoms with Crippen molar-refractivity contribution in [3.8, 4) is 11.3 Å². The maximum atomic E-state index is 12.3. The minimum Gasteiger partial charge on any atom is -0.256 e. The van der Waals surface area contributed by atoms with Gasteiger partial charge in [0.2, 0.25) is 10.0 Å². The van der Waals surface area contributed by atoms with Gasteiger partial charge < -0.3 is 0 Å². The van der Waals surface area contributed by atoms with E-state index in [4.69, 9.17) is 11.6 Å². The average Bonchev–Trinajstić information content (AvgIpc) is 3.08. The molecule has 0 aliphatic carbocycles. The quantitative estimate of drug-likeness (QED) is 0.745. The smallest absolute Gasteiger partial charge is 0.240 e. The van der Waals surface area contributed by atoms with Crippen LogP contribution in [0.15, 0.2) is 64.3 Å². The van der Waals surface area contributed by atoms with E-state index >= 15 is 0 Å². The lowest BCUT2D eigenvalue weighted by atomic mass is 10.1. The van der Waals surface area contributed by atoms with E-state index in [0.717, 1.165) is 16.8 Å². The van der Waals surface area contributed by atoms with Crippen LogP contribution >= 0.6 is 22.9 Å². The number of nitrogens with one attached hydrogen (secondary N) is 1. The lowest BCUT2D eigenvalue weighted by Gasteiger charge is -2.08. The van der Waals surface area contributed by atoms with Crippen molar-refractivity contribution in [3.63, 3.8) is 0 Å². The van der Waals surface area contributed by atoms with Crippen molar-refractivity contribution >= 4 is 33.0 Å². The Morgan fingerprint density at radius 3 is 2.78 bits per heavy atom. The van der Waals surface area contributed by atoms with Gasteiger partial charge in [-0.3, -0.25) is 4.98 Å². The molecule has 1 N–H and O–H groups in total. The van der Waals surface area contributed by atoms with Crippen molar-refractivity contribution in [2.24, 2.45) is 0 Å². The van der Waals surface area contributed by atoms with Crippen LogP contribution < -0.4 is 4.72 Å². The molecule has 0 aliphatic rings. The van der Waals surface area contributed by atoms with Crippen molar-refractivity contribution in [1.82, 2.24) is 9.71 Å². The minimum absolute atomic E-state index is 0.150. The number of thiophene rings is 1. The van der Waals surface area contributed by atoms with Gasteiger partial charge in [-0.2, -0.15) is 11.3 Å². The molecule has 7 heteroatoms. The van der Waals surface area contributed by atoms with Crippen LogP contribution in [-0.2, 0) is 16.6 Å². The van der Waals surface area contributed by atoms with Crippen LogP contribution in [0.3, 0.4) is 0 Å². The molecule has 1 aromatic carbocycles. The lowest BCUT2D eigenvalue weighted by molar-refractivity contribution is 0.581. The van der Waals surface area contributed by atoms with E-state index in [1.165, 1.54) is 12.1 Å². The highest BCUT2D eigenvalue weighted by molar-refractivity contribution is 7.89. The summed E-state index contributed by atoms with van der Waals surface area (Å²) in [7, 11) is -3.60. The molecule has 0 amide bonds. The molecule has 3 aromatic rings. The zero-order valence-electron chi connectivity index (χ0n) is 11.9. The monoisotopic (exact) mass is 364 g/mol. The Labute approximate surface area is 143 Å². The van der Waals surface area contributed by atoms with E-state index in [-0.39, 0.29) is 11.4 Å². The maximum Gasteiger partial charge on any atom is 0.240 e. The van der Waals surface area contributed by atoms with Crippen molar-refractivity contribution < 1.29 is 8.42 Å². The van der Waals surface area contributed by atoms with Crippen LogP contribution in [0.2, 0.25) is 5.02 Å². The molecule has 2 aromatic heterocycles. The molecule has 3 rings (SSSR count). The van der Waals surface area contributed by atoms with E-state index in [0.29, 0.717) is 5.02 Å². The molecule has 0 bridgehead atoms. The summed E-state index contributed by atoms with van der Waals surface area (Å²) in [6.07, 6.45) is 1.68. The third-order valence-corrected chi connectivity index (χ3v) is 5.53. The SMILES string of the molecule is O=S(=O)(NCc1ccnc(-c2ccsc2)c1)c1cccc(Cl)c1. The van der Waals surface area contributed by atoms with Gasteiger partial charge in [0, 0.05) is 28.7 Å². The summed E-state index contributed by atoms with van der Waals surface area (Å²) in [5, 5.41) is 4.37. The van der Waals surface area contributed by atoms with Gasteiger partial charge in [0.25, 0.3) is 0 Å². The number of aromatic nitrogens is 1. The van der Waals surface area contributed by atoms with Crippen LogP contribution in [0, 0.1) is 0 Å². The summed E-state index contributed by atoms with van der Waals surface area (Å²) in [5.74, 6) is 0. The largest absolute Gasteiger partial charge is 0.256 e. The highest BCUT2D eigenvalue weighted by Crippen LogP contribution is 2.21. The molecular weight excluding hydrogens is 352 g/mol. The van der Waals surface area contributed by atoms with E-state index in [1.54, 1.807) is 35.7 Å². The standard InChI is InChI=1S/C16H13ClN2O2S2/c17-14-2-1-3-15(9-14)23(20,21)19-10-12-4-6-18-16(8-12)13-5-7-22-11-13/h1-9,11,19H,10H2. The summed E-state index contributed by atoms with van der Waals surface area (Å²) in [5.41, 5.74) is 2.69. The molecule has 0 saturated heterocycles. The predicted octanol–water partition coefficient (Wildman–Crippen LogP) is 3.94. The Morgan fingerprint density at radius 2 is 2.04 bits per heavy atom. The molecule has 4 nitrogen and oxygen atoms in total. The van der Waals surface area contributed by atoms with Gasteiger partial charge in [-0.1, -0.05) is 17.7 Å². The minimum atomic E-state index is -3.60. The third-order valence-electron chi connectivity index (χ3n) is 3.21.